The van der Waals surface area contributed by atoms with Gasteiger partial charge in [0.1, 0.15) is 0 Å². The van der Waals surface area contributed by atoms with Crippen LogP contribution in [-0.2, 0) is 17.6 Å². The molecule has 0 radical (unpaired) electrons. The highest BCUT2D eigenvalue weighted by Crippen LogP contribution is 2.26. The van der Waals surface area contributed by atoms with Gasteiger partial charge in [0.2, 0.25) is 5.91 Å². The van der Waals surface area contributed by atoms with E-state index in [0.717, 1.165) is 18.5 Å². The number of aryl methyl sites for hydroxylation is 1. The molecule has 0 aliphatic carbocycles. The summed E-state index contributed by atoms with van der Waals surface area (Å²) in [7, 11) is 1.67. The van der Waals surface area contributed by atoms with Crippen LogP contribution in [0.5, 0.6) is 0 Å². The highest BCUT2D eigenvalue weighted by Gasteiger charge is 2.13. The quantitative estimate of drug-likeness (QED) is 0.763. The van der Waals surface area contributed by atoms with Crippen molar-refractivity contribution in [3.05, 3.63) is 29.3 Å². The number of carbonyl (C=O) groups excluding carboxylic acids is 1. The second-order valence-corrected chi connectivity index (χ2v) is 3.83. The van der Waals surface area contributed by atoms with Gasteiger partial charge in [0.15, 0.2) is 0 Å². The summed E-state index contributed by atoms with van der Waals surface area (Å²) in [6, 6.07) is 6.19. The maximum atomic E-state index is 11.3. The maximum absolute atomic E-state index is 11.3. The molecule has 0 spiro atoms. The third kappa shape index (κ3) is 2.12. The molecule has 1 aromatic carbocycles. The molecular formula is C12H16N2O. The topological polar surface area (TPSA) is 41.1 Å². The molecule has 0 bridgehead atoms. The van der Waals surface area contributed by atoms with E-state index in [9.17, 15) is 4.79 Å². The summed E-state index contributed by atoms with van der Waals surface area (Å²) >= 11 is 0. The number of rotatable bonds is 2. The summed E-state index contributed by atoms with van der Waals surface area (Å²) in [6.07, 6.45) is 2.76. The normalized spacial score (nSPS) is 13.9. The average Bonchev–Trinajstić information content (AvgIpc) is 2.29. The molecule has 0 atom stereocenters. The van der Waals surface area contributed by atoms with Gasteiger partial charge in [-0.1, -0.05) is 18.2 Å². The van der Waals surface area contributed by atoms with Crippen LogP contribution >= 0.6 is 0 Å². The van der Waals surface area contributed by atoms with Gasteiger partial charge in [-0.2, -0.15) is 0 Å². The number of likely N-dealkylation sites (N-methyl/N-ethyl adjacent to an activating group) is 1. The molecule has 1 aliphatic rings. The Morgan fingerprint density at radius 3 is 3.20 bits per heavy atom. The minimum absolute atomic E-state index is 0.0655. The predicted octanol–water partition coefficient (Wildman–Crippen LogP) is 1.33. The Bertz CT molecular complexity index is 374. The zero-order valence-electron chi connectivity index (χ0n) is 8.97. The van der Waals surface area contributed by atoms with Crippen molar-refractivity contribution in [2.24, 2.45) is 0 Å². The van der Waals surface area contributed by atoms with E-state index in [4.69, 9.17) is 0 Å². The number of fused-ring (bicyclic) bond motifs is 1. The molecule has 1 amide bonds. The van der Waals surface area contributed by atoms with Gasteiger partial charge in [0, 0.05) is 19.3 Å². The Morgan fingerprint density at radius 1 is 1.53 bits per heavy atom. The van der Waals surface area contributed by atoms with Crippen LogP contribution in [0.3, 0.4) is 0 Å². The monoisotopic (exact) mass is 204 g/mol. The van der Waals surface area contributed by atoms with Gasteiger partial charge >= 0.3 is 0 Å². The lowest BCUT2D eigenvalue weighted by Crippen LogP contribution is -2.22. The Hall–Kier alpha value is -1.51. The highest BCUT2D eigenvalue weighted by atomic mass is 16.1. The molecule has 0 saturated heterocycles. The fraction of sp³-hybridized carbons (Fsp3) is 0.417. The molecule has 80 valence electrons. The minimum Gasteiger partial charge on any atom is -0.385 e. The van der Waals surface area contributed by atoms with Gasteiger partial charge in [-0.3, -0.25) is 4.79 Å². The van der Waals surface area contributed by atoms with E-state index >= 15 is 0 Å². The molecule has 0 unspecified atom stereocenters. The van der Waals surface area contributed by atoms with Crippen molar-refractivity contribution in [1.29, 1.82) is 0 Å². The first-order valence-electron chi connectivity index (χ1n) is 5.36. The third-order valence-corrected chi connectivity index (χ3v) is 2.79. The molecule has 1 aromatic rings. The van der Waals surface area contributed by atoms with Gasteiger partial charge in [0.05, 0.1) is 6.42 Å². The lowest BCUT2D eigenvalue weighted by molar-refractivity contribution is -0.119. The highest BCUT2D eigenvalue weighted by molar-refractivity contribution is 5.80. The molecule has 3 nitrogen and oxygen atoms in total. The summed E-state index contributed by atoms with van der Waals surface area (Å²) in [5, 5.41) is 6.03. The van der Waals surface area contributed by atoms with E-state index in [1.165, 1.54) is 17.7 Å². The van der Waals surface area contributed by atoms with E-state index in [1.54, 1.807) is 7.05 Å². The van der Waals surface area contributed by atoms with E-state index < -0.39 is 0 Å². The molecule has 0 aromatic heterocycles. The number of nitrogens with one attached hydrogen (secondary N) is 2. The van der Waals surface area contributed by atoms with Gasteiger partial charge < -0.3 is 10.6 Å². The number of carbonyl (C=O) groups is 1. The smallest absolute Gasteiger partial charge is 0.224 e. The van der Waals surface area contributed by atoms with Crippen molar-refractivity contribution in [2.75, 3.05) is 18.9 Å². The SMILES string of the molecule is CNC(=O)Cc1cccc2c1NCCC2. The molecule has 3 heteroatoms. The molecule has 2 rings (SSSR count). The number of anilines is 1. The largest absolute Gasteiger partial charge is 0.385 e. The van der Waals surface area contributed by atoms with Crippen LogP contribution in [0.2, 0.25) is 0 Å². The van der Waals surface area contributed by atoms with E-state index in [2.05, 4.69) is 16.7 Å². The van der Waals surface area contributed by atoms with Crippen LogP contribution in [0.1, 0.15) is 17.5 Å². The number of para-hydroxylation sites is 1. The number of amides is 1. The first kappa shape index (κ1) is 10.0. The van der Waals surface area contributed by atoms with Gasteiger partial charge in [-0.15, -0.1) is 0 Å². The van der Waals surface area contributed by atoms with Crippen molar-refractivity contribution < 1.29 is 4.79 Å². The van der Waals surface area contributed by atoms with Crippen LogP contribution in [0.4, 0.5) is 5.69 Å². The second-order valence-electron chi connectivity index (χ2n) is 3.83. The molecular weight excluding hydrogens is 188 g/mol. The zero-order valence-corrected chi connectivity index (χ0v) is 8.97. The van der Waals surface area contributed by atoms with E-state index in [-0.39, 0.29) is 5.91 Å². The van der Waals surface area contributed by atoms with Crippen molar-refractivity contribution in [3.8, 4) is 0 Å². The Morgan fingerprint density at radius 2 is 2.40 bits per heavy atom. The molecule has 1 aliphatic heterocycles. The van der Waals surface area contributed by atoms with Crippen molar-refractivity contribution in [3.63, 3.8) is 0 Å². The van der Waals surface area contributed by atoms with Crippen molar-refractivity contribution in [2.45, 2.75) is 19.3 Å². The van der Waals surface area contributed by atoms with Gasteiger partial charge in [-0.25, -0.2) is 0 Å². The third-order valence-electron chi connectivity index (χ3n) is 2.79. The number of hydrogen-bond acceptors (Lipinski definition) is 2. The molecule has 0 saturated carbocycles. The number of benzene rings is 1. The van der Waals surface area contributed by atoms with Crippen LogP contribution in [0, 0.1) is 0 Å². The van der Waals surface area contributed by atoms with Gasteiger partial charge in [-0.05, 0) is 24.0 Å². The Kier molecular flexibility index (Phi) is 2.90. The number of hydrogen-bond donors (Lipinski definition) is 2. The molecule has 0 fully saturated rings. The zero-order chi connectivity index (χ0) is 10.7. The van der Waals surface area contributed by atoms with Gasteiger partial charge in [0.25, 0.3) is 0 Å². The Balaban J connectivity index is 2.27. The summed E-state index contributed by atoms with van der Waals surface area (Å²) in [4.78, 5) is 11.3. The first-order valence-corrected chi connectivity index (χ1v) is 5.36. The maximum Gasteiger partial charge on any atom is 0.224 e. The molecule has 1 heterocycles. The van der Waals surface area contributed by atoms with Crippen molar-refractivity contribution in [1.82, 2.24) is 5.32 Å². The summed E-state index contributed by atoms with van der Waals surface area (Å²) < 4.78 is 0. The van der Waals surface area contributed by atoms with Crippen LogP contribution in [0.15, 0.2) is 18.2 Å². The summed E-state index contributed by atoms with van der Waals surface area (Å²) in [5.41, 5.74) is 3.61. The Labute approximate surface area is 89.9 Å². The summed E-state index contributed by atoms with van der Waals surface area (Å²) in [5.74, 6) is 0.0655. The second kappa shape index (κ2) is 4.34. The summed E-state index contributed by atoms with van der Waals surface area (Å²) in [6.45, 7) is 1.01. The van der Waals surface area contributed by atoms with Crippen LogP contribution in [-0.4, -0.2) is 19.5 Å². The minimum atomic E-state index is 0.0655. The van der Waals surface area contributed by atoms with Crippen molar-refractivity contribution >= 4 is 11.6 Å². The molecule has 15 heavy (non-hydrogen) atoms. The lowest BCUT2D eigenvalue weighted by Gasteiger charge is -2.20. The average molecular weight is 204 g/mol. The fourth-order valence-electron chi connectivity index (χ4n) is 1.99. The first-order chi connectivity index (χ1) is 7.31. The fourth-order valence-corrected chi connectivity index (χ4v) is 1.99. The van der Waals surface area contributed by atoms with E-state index in [0.29, 0.717) is 6.42 Å². The lowest BCUT2D eigenvalue weighted by atomic mass is 9.98. The van der Waals surface area contributed by atoms with E-state index in [1.807, 2.05) is 12.1 Å². The van der Waals surface area contributed by atoms with Crippen LogP contribution in [0.25, 0.3) is 0 Å². The van der Waals surface area contributed by atoms with Crippen LogP contribution < -0.4 is 10.6 Å². The standard InChI is InChI=1S/C12H16N2O/c1-13-11(15)8-10-5-2-4-9-6-3-7-14-12(9)10/h2,4-5,14H,3,6-8H2,1H3,(H,13,15). The molecule has 2 N–H and O–H groups in total. The predicted molar refractivity (Wildman–Crippen MR) is 61.0 cm³/mol.